The van der Waals surface area contributed by atoms with E-state index in [1.165, 1.54) is 16.2 Å². The van der Waals surface area contributed by atoms with Crippen LogP contribution < -0.4 is 5.32 Å². The molecule has 7 heteroatoms. The molecule has 2 aromatic heterocycles. The lowest BCUT2D eigenvalue weighted by Crippen LogP contribution is -2.36. The monoisotopic (exact) mass is 328 g/mol. The number of nitrogens with zero attached hydrogens (tertiary/aromatic N) is 3. The molecule has 3 rings (SSSR count). The van der Waals surface area contributed by atoms with Crippen molar-refractivity contribution < 1.29 is 9.90 Å². The number of hydrogen-bond acceptors (Lipinski definition) is 5. The van der Waals surface area contributed by atoms with Crippen molar-refractivity contribution in [2.45, 2.75) is 6.54 Å². The Bertz CT molecular complexity index is 758. The van der Waals surface area contributed by atoms with Crippen molar-refractivity contribution in [1.82, 2.24) is 14.9 Å². The van der Waals surface area contributed by atoms with E-state index in [4.69, 9.17) is 0 Å². The highest BCUT2D eigenvalue weighted by molar-refractivity contribution is 7.22. The Balaban J connectivity index is 1.72. The fourth-order valence-electron chi connectivity index (χ4n) is 2.18. The molecule has 0 aliphatic heterocycles. The number of rotatable bonds is 5. The summed E-state index contributed by atoms with van der Waals surface area (Å²) in [6.45, 7) is 0.518. The van der Waals surface area contributed by atoms with Crippen LogP contribution >= 0.6 is 11.3 Å². The minimum Gasteiger partial charge on any atom is -0.395 e. The number of anilines is 1. The van der Waals surface area contributed by atoms with Gasteiger partial charge in [-0.3, -0.25) is 10.3 Å². The molecule has 0 atom stereocenters. The van der Waals surface area contributed by atoms with Gasteiger partial charge >= 0.3 is 6.03 Å². The van der Waals surface area contributed by atoms with Gasteiger partial charge in [-0.05, 0) is 23.8 Å². The maximum absolute atomic E-state index is 12.4. The average molecular weight is 328 g/mol. The number of pyridine rings is 1. The number of amides is 2. The predicted molar refractivity (Wildman–Crippen MR) is 90.4 cm³/mol. The third kappa shape index (κ3) is 3.82. The van der Waals surface area contributed by atoms with Crippen LogP contribution in [0.25, 0.3) is 10.2 Å². The molecule has 0 bridgehead atoms. The van der Waals surface area contributed by atoms with E-state index in [1.807, 2.05) is 36.4 Å². The van der Waals surface area contributed by atoms with Crippen molar-refractivity contribution in [3.05, 3.63) is 54.4 Å². The number of carbonyl (C=O) groups excluding carboxylic acids is 1. The third-order valence-corrected chi connectivity index (χ3v) is 4.21. The molecule has 23 heavy (non-hydrogen) atoms. The number of fused-ring (bicyclic) bond motifs is 1. The van der Waals surface area contributed by atoms with Crippen LogP contribution in [0, 0.1) is 0 Å². The highest BCUT2D eigenvalue weighted by atomic mass is 32.1. The van der Waals surface area contributed by atoms with Crippen molar-refractivity contribution in [3.8, 4) is 0 Å². The van der Waals surface area contributed by atoms with Gasteiger partial charge in [-0.1, -0.05) is 29.5 Å². The molecule has 0 aliphatic carbocycles. The summed E-state index contributed by atoms with van der Waals surface area (Å²) in [7, 11) is 0. The molecule has 2 heterocycles. The molecule has 0 unspecified atom stereocenters. The van der Waals surface area contributed by atoms with E-state index < -0.39 is 0 Å². The summed E-state index contributed by atoms with van der Waals surface area (Å²) in [4.78, 5) is 22.4. The van der Waals surface area contributed by atoms with Gasteiger partial charge in [-0.25, -0.2) is 9.78 Å². The van der Waals surface area contributed by atoms with Crippen LogP contribution in [0.3, 0.4) is 0 Å². The normalized spacial score (nSPS) is 10.7. The first-order chi connectivity index (χ1) is 11.3. The van der Waals surface area contributed by atoms with Gasteiger partial charge in [0.25, 0.3) is 0 Å². The number of aliphatic hydroxyl groups is 1. The van der Waals surface area contributed by atoms with Crippen LogP contribution in [-0.4, -0.2) is 39.2 Å². The minimum absolute atomic E-state index is 0.104. The molecule has 3 aromatic rings. The van der Waals surface area contributed by atoms with Crippen LogP contribution in [0.4, 0.5) is 9.93 Å². The number of para-hydroxylation sites is 1. The van der Waals surface area contributed by atoms with Gasteiger partial charge < -0.3 is 10.0 Å². The summed E-state index contributed by atoms with van der Waals surface area (Å²) in [5.74, 6) is 0. The summed E-state index contributed by atoms with van der Waals surface area (Å²) < 4.78 is 1.02. The molecule has 6 nitrogen and oxygen atoms in total. The zero-order chi connectivity index (χ0) is 16.1. The first kappa shape index (κ1) is 15.4. The third-order valence-electron chi connectivity index (χ3n) is 3.26. The lowest BCUT2D eigenvalue weighted by Gasteiger charge is -2.21. The number of aliphatic hydroxyl groups excluding tert-OH is 1. The molecule has 0 radical (unpaired) electrons. The molecule has 0 spiro atoms. The van der Waals surface area contributed by atoms with Gasteiger partial charge in [0.2, 0.25) is 0 Å². The average Bonchev–Trinajstić information content (AvgIpc) is 2.97. The SMILES string of the molecule is O=C(Nc1nc2ccccc2s1)N(CCO)Cc1cccnc1. The van der Waals surface area contributed by atoms with E-state index in [2.05, 4.69) is 15.3 Å². The second-order valence-corrected chi connectivity index (χ2v) is 5.95. The second-order valence-electron chi connectivity index (χ2n) is 4.92. The number of hydrogen-bond donors (Lipinski definition) is 2. The molecule has 118 valence electrons. The number of urea groups is 1. The van der Waals surface area contributed by atoms with E-state index in [1.54, 1.807) is 12.4 Å². The van der Waals surface area contributed by atoms with Crippen molar-refractivity contribution in [1.29, 1.82) is 0 Å². The summed E-state index contributed by atoms with van der Waals surface area (Å²) in [6, 6.07) is 11.1. The Hall–Kier alpha value is -2.51. The number of nitrogens with one attached hydrogen (secondary N) is 1. The molecule has 0 fully saturated rings. The molecule has 0 aliphatic rings. The molecule has 2 N–H and O–H groups in total. The maximum atomic E-state index is 12.4. The Morgan fingerprint density at radius 3 is 2.87 bits per heavy atom. The lowest BCUT2D eigenvalue weighted by molar-refractivity contribution is 0.185. The zero-order valence-electron chi connectivity index (χ0n) is 12.3. The van der Waals surface area contributed by atoms with E-state index in [9.17, 15) is 9.90 Å². The van der Waals surface area contributed by atoms with Crippen molar-refractivity contribution >= 4 is 32.7 Å². The van der Waals surface area contributed by atoms with Gasteiger partial charge in [0.05, 0.1) is 16.8 Å². The smallest absolute Gasteiger partial charge is 0.324 e. The summed E-state index contributed by atoms with van der Waals surface area (Å²) >= 11 is 1.42. The fourth-order valence-corrected chi connectivity index (χ4v) is 3.04. The molecule has 0 saturated carbocycles. The van der Waals surface area contributed by atoms with Crippen LogP contribution in [0.1, 0.15) is 5.56 Å². The fraction of sp³-hybridized carbons (Fsp3) is 0.188. The molecular weight excluding hydrogens is 312 g/mol. The van der Waals surface area contributed by atoms with Gasteiger partial charge in [0.15, 0.2) is 5.13 Å². The molecule has 2 amide bonds. The molecule has 1 aromatic carbocycles. The van der Waals surface area contributed by atoms with Crippen LogP contribution in [0.5, 0.6) is 0 Å². The topological polar surface area (TPSA) is 78.4 Å². The van der Waals surface area contributed by atoms with Crippen molar-refractivity contribution in [2.75, 3.05) is 18.5 Å². The number of benzene rings is 1. The maximum Gasteiger partial charge on any atom is 0.324 e. The van der Waals surface area contributed by atoms with Gasteiger partial charge in [-0.2, -0.15) is 0 Å². The number of thiazole rings is 1. The van der Waals surface area contributed by atoms with Crippen molar-refractivity contribution in [3.63, 3.8) is 0 Å². The van der Waals surface area contributed by atoms with E-state index >= 15 is 0 Å². The van der Waals surface area contributed by atoms with E-state index in [0.717, 1.165) is 15.8 Å². The van der Waals surface area contributed by atoms with Crippen LogP contribution in [0.2, 0.25) is 0 Å². The van der Waals surface area contributed by atoms with Gasteiger partial charge in [0, 0.05) is 25.5 Å². The van der Waals surface area contributed by atoms with Crippen LogP contribution in [0.15, 0.2) is 48.8 Å². The Labute approximate surface area is 137 Å². The quantitative estimate of drug-likeness (QED) is 0.755. The van der Waals surface area contributed by atoms with Crippen LogP contribution in [-0.2, 0) is 6.54 Å². The molecule has 0 saturated heterocycles. The lowest BCUT2D eigenvalue weighted by atomic mass is 10.2. The Morgan fingerprint density at radius 2 is 2.13 bits per heavy atom. The van der Waals surface area contributed by atoms with Gasteiger partial charge in [0.1, 0.15) is 0 Å². The minimum atomic E-state index is -0.290. The molecular formula is C16H16N4O2S. The summed E-state index contributed by atoms with van der Waals surface area (Å²) in [6.07, 6.45) is 3.39. The predicted octanol–water partition coefficient (Wildman–Crippen LogP) is 2.72. The highest BCUT2D eigenvalue weighted by Crippen LogP contribution is 2.25. The zero-order valence-corrected chi connectivity index (χ0v) is 13.2. The largest absolute Gasteiger partial charge is 0.395 e. The Morgan fingerprint density at radius 1 is 1.26 bits per heavy atom. The van der Waals surface area contributed by atoms with Gasteiger partial charge in [-0.15, -0.1) is 0 Å². The first-order valence-corrected chi connectivity index (χ1v) is 7.99. The summed E-state index contributed by atoms with van der Waals surface area (Å²) in [5, 5.41) is 12.5. The first-order valence-electron chi connectivity index (χ1n) is 7.17. The van der Waals surface area contributed by atoms with E-state index in [-0.39, 0.29) is 19.2 Å². The highest BCUT2D eigenvalue weighted by Gasteiger charge is 2.15. The number of aromatic nitrogens is 2. The van der Waals surface area contributed by atoms with Crippen molar-refractivity contribution in [2.24, 2.45) is 0 Å². The Kier molecular flexibility index (Phi) is 4.80. The number of carbonyl (C=O) groups is 1. The standard InChI is InChI=1S/C16H16N4O2S/c21-9-8-20(11-12-4-3-7-17-10-12)16(22)19-15-18-13-5-1-2-6-14(13)23-15/h1-7,10,21H,8-9,11H2,(H,18,19,22). The summed E-state index contributed by atoms with van der Waals surface area (Å²) in [5.41, 5.74) is 1.76. The van der Waals surface area contributed by atoms with E-state index in [0.29, 0.717) is 11.7 Å². The second kappa shape index (κ2) is 7.17.